The molecule has 1 nitrogen and oxygen atoms in total. The Labute approximate surface area is 96.5 Å². The Hall–Kier alpha value is -0.820. The molecule has 82 valence electrons. The van der Waals surface area contributed by atoms with Gasteiger partial charge in [-0.05, 0) is 43.5 Å². The molecule has 0 saturated heterocycles. The van der Waals surface area contributed by atoms with Crippen molar-refractivity contribution in [1.29, 1.82) is 0 Å². The molecule has 0 heterocycles. The zero-order valence-electron chi connectivity index (χ0n) is 9.56. The highest BCUT2D eigenvalue weighted by Crippen LogP contribution is 2.22. The van der Waals surface area contributed by atoms with E-state index in [4.69, 9.17) is 11.6 Å². The summed E-state index contributed by atoms with van der Waals surface area (Å²) in [5.74, 6) is 0.157. The summed E-state index contributed by atoms with van der Waals surface area (Å²) in [7, 11) is 0. The first-order chi connectivity index (χ1) is 7.06. The van der Waals surface area contributed by atoms with Crippen LogP contribution in [0.4, 0.5) is 0 Å². The lowest BCUT2D eigenvalue weighted by atomic mass is 10.0. The number of Topliss-reactive ketones (excluding diaryl/α,β-unsaturated/α-hetero) is 1. The van der Waals surface area contributed by atoms with Gasteiger partial charge in [-0.1, -0.05) is 24.9 Å². The van der Waals surface area contributed by atoms with E-state index in [1.54, 1.807) is 0 Å². The third-order valence-electron chi connectivity index (χ3n) is 2.64. The van der Waals surface area contributed by atoms with Crippen molar-refractivity contribution in [2.75, 3.05) is 0 Å². The van der Waals surface area contributed by atoms with Crippen molar-refractivity contribution >= 4 is 17.4 Å². The molecule has 0 aliphatic rings. The van der Waals surface area contributed by atoms with Gasteiger partial charge in [-0.15, -0.1) is 0 Å². The maximum absolute atomic E-state index is 11.8. The second-order valence-electron chi connectivity index (χ2n) is 3.94. The fourth-order valence-electron chi connectivity index (χ4n) is 1.47. The van der Waals surface area contributed by atoms with Crippen molar-refractivity contribution < 1.29 is 4.79 Å². The summed E-state index contributed by atoms with van der Waals surface area (Å²) in [6, 6.07) is 3.77. The van der Waals surface area contributed by atoms with Gasteiger partial charge in [0, 0.05) is 12.0 Å². The van der Waals surface area contributed by atoms with E-state index in [1.807, 2.05) is 26.0 Å². The number of hydrogen-bond donors (Lipinski definition) is 0. The van der Waals surface area contributed by atoms with Crippen LogP contribution in [0.15, 0.2) is 12.1 Å². The van der Waals surface area contributed by atoms with Gasteiger partial charge in [-0.3, -0.25) is 4.79 Å². The molecule has 1 aromatic carbocycles. The molecule has 0 bridgehead atoms. The van der Waals surface area contributed by atoms with Gasteiger partial charge in [0.05, 0.1) is 5.02 Å². The predicted molar refractivity (Wildman–Crippen MR) is 64.8 cm³/mol. The second kappa shape index (κ2) is 5.32. The Balaban J connectivity index is 2.94. The van der Waals surface area contributed by atoms with Gasteiger partial charge < -0.3 is 0 Å². The molecule has 0 fully saturated rings. The van der Waals surface area contributed by atoms with E-state index in [2.05, 4.69) is 6.92 Å². The standard InChI is InChI=1S/C13H17ClO/c1-4-5-6-13(15)11-7-9(2)10(3)8-12(11)14/h7-8H,4-6H2,1-3H3. The fourth-order valence-corrected chi connectivity index (χ4v) is 1.79. The first-order valence-electron chi connectivity index (χ1n) is 5.36. The Morgan fingerprint density at radius 3 is 2.47 bits per heavy atom. The van der Waals surface area contributed by atoms with E-state index >= 15 is 0 Å². The zero-order valence-corrected chi connectivity index (χ0v) is 10.3. The number of benzene rings is 1. The Bertz CT molecular complexity index is 369. The van der Waals surface area contributed by atoms with E-state index in [9.17, 15) is 4.79 Å². The normalized spacial score (nSPS) is 10.4. The number of rotatable bonds is 4. The van der Waals surface area contributed by atoms with Crippen molar-refractivity contribution in [1.82, 2.24) is 0 Å². The largest absolute Gasteiger partial charge is 0.294 e. The minimum absolute atomic E-state index is 0.157. The SMILES string of the molecule is CCCCC(=O)c1cc(C)c(C)cc1Cl. The molecular formula is C13H17ClO. The van der Waals surface area contributed by atoms with Gasteiger partial charge in [0.1, 0.15) is 0 Å². The molecule has 0 spiro atoms. The first-order valence-corrected chi connectivity index (χ1v) is 5.74. The van der Waals surface area contributed by atoms with Crippen molar-refractivity contribution in [3.63, 3.8) is 0 Å². The molecule has 0 saturated carbocycles. The summed E-state index contributed by atoms with van der Waals surface area (Å²) >= 11 is 6.05. The lowest BCUT2D eigenvalue weighted by Gasteiger charge is -2.07. The van der Waals surface area contributed by atoms with Gasteiger partial charge in [0.15, 0.2) is 5.78 Å². The average molecular weight is 225 g/mol. The van der Waals surface area contributed by atoms with Crippen LogP contribution in [0.3, 0.4) is 0 Å². The van der Waals surface area contributed by atoms with Gasteiger partial charge in [-0.2, -0.15) is 0 Å². The average Bonchev–Trinajstić information content (AvgIpc) is 2.20. The van der Waals surface area contributed by atoms with Crippen LogP contribution in [-0.4, -0.2) is 5.78 Å². The monoisotopic (exact) mass is 224 g/mol. The minimum atomic E-state index is 0.157. The summed E-state index contributed by atoms with van der Waals surface area (Å²) in [4.78, 5) is 11.8. The van der Waals surface area contributed by atoms with E-state index in [-0.39, 0.29) is 5.78 Å². The predicted octanol–water partition coefficient (Wildman–Crippen LogP) is 4.33. The smallest absolute Gasteiger partial charge is 0.164 e. The first kappa shape index (κ1) is 12.3. The van der Waals surface area contributed by atoms with Crippen LogP contribution >= 0.6 is 11.6 Å². The highest BCUT2D eigenvalue weighted by molar-refractivity contribution is 6.34. The molecule has 0 N–H and O–H groups in total. The summed E-state index contributed by atoms with van der Waals surface area (Å²) in [6.07, 6.45) is 2.56. The number of unbranched alkanes of at least 4 members (excludes halogenated alkanes) is 1. The quantitative estimate of drug-likeness (QED) is 0.696. The van der Waals surface area contributed by atoms with Gasteiger partial charge >= 0.3 is 0 Å². The van der Waals surface area contributed by atoms with Crippen molar-refractivity contribution in [2.24, 2.45) is 0 Å². The highest BCUT2D eigenvalue weighted by atomic mass is 35.5. The van der Waals surface area contributed by atoms with Crippen LogP contribution in [0.1, 0.15) is 47.7 Å². The van der Waals surface area contributed by atoms with Crippen LogP contribution in [0.2, 0.25) is 5.02 Å². The molecular weight excluding hydrogens is 208 g/mol. The summed E-state index contributed by atoms with van der Waals surface area (Å²) < 4.78 is 0. The van der Waals surface area contributed by atoms with Crippen LogP contribution in [0.25, 0.3) is 0 Å². The number of carbonyl (C=O) groups is 1. The summed E-state index contributed by atoms with van der Waals surface area (Å²) in [5, 5.41) is 0.583. The molecule has 0 atom stereocenters. The Kier molecular flexibility index (Phi) is 4.34. The third-order valence-corrected chi connectivity index (χ3v) is 2.95. The molecule has 0 amide bonds. The van der Waals surface area contributed by atoms with Gasteiger partial charge in [-0.25, -0.2) is 0 Å². The molecule has 15 heavy (non-hydrogen) atoms. The molecule has 0 radical (unpaired) electrons. The minimum Gasteiger partial charge on any atom is -0.294 e. The number of carbonyl (C=O) groups excluding carboxylic acids is 1. The third kappa shape index (κ3) is 3.07. The highest BCUT2D eigenvalue weighted by Gasteiger charge is 2.11. The summed E-state index contributed by atoms with van der Waals surface area (Å²) in [6.45, 7) is 6.08. The van der Waals surface area contributed by atoms with E-state index in [0.29, 0.717) is 17.0 Å². The number of hydrogen-bond acceptors (Lipinski definition) is 1. The molecule has 0 aromatic heterocycles. The number of ketones is 1. The second-order valence-corrected chi connectivity index (χ2v) is 4.35. The zero-order chi connectivity index (χ0) is 11.4. The molecule has 2 heteroatoms. The topological polar surface area (TPSA) is 17.1 Å². The van der Waals surface area contributed by atoms with Gasteiger partial charge in [0.25, 0.3) is 0 Å². The number of aryl methyl sites for hydroxylation is 2. The summed E-state index contributed by atoms with van der Waals surface area (Å²) in [5.41, 5.74) is 2.93. The van der Waals surface area contributed by atoms with Crippen molar-refractivity contribution in [3.05, 3.63) is 33.8 Å². The van der Waals surface area contributed by atoms with Crippen LogP contribution in [0, 0.1) is 13.8 Å². The molecule has 1 rings (SSSR count). The van der Waals surface area contributed by atoms with Crippen LogP contribution in [0.5, 0.6) is 0 Å². The molecule has 1 aromatic rings. The molecule has 0 unspecified atom stereocenters. The van der Waals surface area contributed by atoms with Crippen LogP contribution in [-0.2, 0) is 0 Å². The van der Waals surface area contributed by atoms with Gasteiger partial charge in [0.2, 0.25) is 0 Å². The fraction of sp³-hybridized carbons (Fsp3) is 0.462. The lowest BCUT2D eigenvalue weighted by Crippen LogP contribution is -2.01. The van der Waals surface area contributed by atoms with Crippen molar-refractivity contribution in [3.8, 4) is 0 Å². The lowest BCUT2D eigenvalue weighted by molar-refractivity contribution is 0.0980. The molecule has 0 aliphatic carbocycles. The molecule has 0 aliphatic heterocycles. The van der Waals surface area contributed by atoms with E-state index in [1.165, 1.54) is 0 Å². The van der Waals surface area contributed by atoms with E-state index < -0.39 is 0 Å². The maximum atomic E-state index is 11.8. The number of halogens is 1. The van der Waals surface area contributed by atoms with Crippen LogP contribution < -0.4 is 0 Å². The maximum Gasteiger partial charge on any atom is 0.164 e. The Morgan fingerprint density at radius 1 is 1.27 bits per heavy atom. The Morgan fingerprint density at radius 2 is 1.87 bits per heavy atom. The van der Waals surface area contributed by atoms with Crippen molar-refractivity contribution in [2.45, 2.75) is 40.0 Å². The van der Waals surface area contributed by atoms with E-state index in [0.717, 1.165) is 24.0 Å².